The number of rotatable bonds is 6. The molecule has 1 aromatic rings. The average Bonchev–Trinajstić information content (AvgIpc) is 2.47. The molecule has 4 nitrogen and oxygen atoms in total. The Morgan fingerprint density at radius 2 is 2.24 bits per heavy atom. The van der Waals surface area contributed by atoms with Crippen LogP contribution in [0.4, 0.5) is 0 Å². The van der Waals surface area contributed by atoms with Crippen LogP contribution in [0.2, 0.25) is 5.02 Å². The maximum absolute atomic E-state index is 12.0. The summed E-state index contributed by atoms with van der Waals surface area (Å²) in [5, 5.41) is 12.5. The second-order valence-corrected chi connectivity index (χ2v) is 5.00. The molecule has 1 rings (SSSR count). The molecule has 0 saturated heterocycles. The Kier molecular flexibility index (Phi) is 6.77. The maximum atomic E-state index is 12.0. The first-order valence-corrected chi connectivity index (χ1v) is 7.24. The minimum atomic E-state index is -0.394. The van der Waals surface area contributed by atoms with Crippen LogP contribution in [0.3, 0.4) is 0 Å². The molecule has 0 aliphatic carbocycles. The Morgan fingerprint density at radius 1 is 1.52 bits per heavy atom. The smallest absolute Gasteiger partial charge is 0.262 e. The molecular weight excluding hydrogens is 288 g/mol. The lowest BCUT2D eigenvalue weighted by atomic mass is 10.1. The number of carbonyl (C=O) groups excluding carboxylic acids is 1. The van der Waals surface area contributed by atoms with E-state index in [2.05, 4.69) is 5.32 Å². The SMILES string of the molecule is CCOc1ccc(Cl)cc1/C=C(\C#N)C(=O)N[C@H](C)CC. The van der Waals surface area contributed by atoms with Crippen LogP contribution in [0.15, 0.2) is 23.8 Å². The summed E-state index contributed by atoms with van der Waals surface area (Å²) in [5.41, 5.74) is 0.638. The number of benzene rings is 1. The van der Waals surface area contributed by atoms with E-state index in [1.807, 2.05) is 26.8 Å². The molecule has 0 aliphatic heterocycles. The summed E-state index contributed by atoms with van der Waals surface area (Å²) in [7, 11) is 0. The summed E-state index contributed by atoms with van der Waals surface area (Å²) >= 11 is 5.96. The monoisotopic (exact) mass is 306 g/mol. The maximum Gasteiger partial charge on any atom is 0.262 e. The number of hydrogen-bond donors (Lipinski definition) is 1. The Labute approximate surface area is 130 Å². The molecule has 0 spiro atoms. The molecule has 0 bridgehead atoms. The zero-order valence-electron chi connectivity index (χ0n) is 12.4. The van der Waals surface area contributed by atoms with Crippen molar-refractivity contribution in [3.63, 3.8) is 0 Å². The van der Waals surface area contributed by atoms with Crippen molar-refractivity contribution >= 4 is 23.6 Å². The number of halogens is 1. The topological polar surface area (TPSA) is 62.1 Å². The van der Waals surface area contributed by atoms with Gasteiger partial charge >= 0.3 is 0 Å². The van der Waals surface area contributed by atoms with Gasteiger partial charge in [0, 0.05) is 16.6 Å². The molecular formula is C16H19ClN2O2. The first-order chi connectivity index (χ1) is 10.0. The van der Waals surface area contributed by atoms with E-state index in [0.29, 0.717) is 22.9 Å². The molecule has 0 aliphatic rings. The fraction of sp³-hybridized carbons (Fsp3) is 0.375. The standard InChI is InChI=1S/C16H19ClN2O2/c1-4-11(3)19-16(20)13(10-18)8-12-9-14(17)6-7-15(12)21-5-2/h6-9,11H,4-5H2,1-3H3,(H,19,20)/b13-8+/t11-/m1/s1. The van der Waals surface area contributed by atoms with Crippen molar-refractivity contribution in [1.82, 2.24) is 5.32 Å². The normalized spacial score (nSPS) is 12.4. The van der Waals surface area contributed by atoms with Gasteiger partial charge in [0.1, 0.15) is 17.4 Å². The summed E-state index contributed by atoms with van der Waals surface area (Å²) in [6.45, 7) is 6.20. The van der Waals surface area contributed by atoms with Crippen LogP contribution in [0.1, 0.15) is 32.8 Å². The van der Waals surface area contributed by atoms with E-state index in [1.54, 1.807) is 18.2 Å². The van der Waals surface area contributed by atoms with E-state index in [9.17, 15) is 10.1 Å². The van der Waals surface area contributed by atoms with Gasteiger partial charge in [-0.1, -0.05) is 18.5 Å². The Balaban J connectivity index is 3.10. The largest absolute Gasteiger partial charge is 0.493 e. The van der Waals surface area contributed by atoms with Crippen LogP contribution in [0, 0.1) is 11.3 Å². The van der Waals surface area contributed by atoms with Crippen molar-refractivity contribution in [1.29, 1.82) is 5.26 Å². The van der Waals surface area contributed by atoms with E-state index in [4.69, 9.17) is 16.3 Å². The molecule has 0 aromatic heterocycles. The minimum absolute atomic E-state index is 0.0139. The van der Waals surface area contributed by atoms with Gasteiger partial charge in [-0.05, 0) is 44.5 Å². The molecule has 1 amide bonds. The van der Waals surface area contributed by atoms with Gasteiger partial charge in [0.25, 0.3) is 5.91 Å². The predicted octanol–water partition coefficient (Wildman–Crippen LogP) is 3.56. The van der Waals surface area contributed by atoms with E-state index in [1.165, 1.54) is 6.08 Å². The lowest BCUT2D eigenvalue weighted by Gasteiger charge is -2.11. The summed E-state index contributed by atoms with van der Waals surface area (Å²) in [6.07, 6.45) is 2.29. The first kappa shape index (κ1) is 17.1. The molecule has 21 heavy (non-hydrogen) atoms. The third kappa shape index (κ3) is 5.13. The molecule has 1 N–H and O–H groups in total. The molecule has 112 valence electrons. The molecule has 1 atom stereocenters. The molecule has 0 unspecified atom stereocenters. The van der Waals surface area contributed by atoms with Crippen LogP contribution < -0.4 is 10.1 Å². The summed E-state index contributed by atoms with van der Waals surface area (Å²) in [6, 6.07) is 7.02. The highest BCUT2D eigenvalue weighted by molar-refractivity contribution is 6.30. The van der Waals surface area contributed by atoms with Crippen molar-refractivity contribution in [3.05, 3.63) is 34.4 Å². The number of ether oxygens (including phenoxy) is 1. The second kappa shape index (κ2) is 8.33. The lowest BCUT2D eigenvalue weighted by Crippen LogP contribution is -2.32. The summed E-state index contributed by atoms with van der Waals surface area (Å²) in [4.78, 5) is 12.0. The summed E-state index contributed by atoms with van der Waals surface area (Å²) in [5.74, 6) is 0.195. The quantitative estimate of drug-likeness (QED) is 0.645. The van der Waals surface area contributed by atoms with Crippen molar-refractivity contribution in [2.24, 2.45) is 0 Å². The van der Waals surface area contributed by atoms with Crippen LogP contribution in [0.5, 0.6) is 5.75 Å². The fourth-order valence-corrected chi connectivity index (χ4v) is 1.81. The third-order valence-corrected chi connectivity index (χ3v) is 3.16. The van der Waals surface area contributed by atoms with Crippen molar-refractivity contribution in [2.45, 2.75) is 33.2 Å². The molecule has 0 fully saturated rings. The fourth-order valence-electron chi connectivity index (χ4n) is 1.63. The Hall–Kier alpha value is -1.99. The van der Waals surface area contributed by atoms with Crippen LogP contribution in [0.25, 0.3) is 6.08 Å². The molecule has 0 heterocycles. The van der Waals surface area contributed by atoms with Gasteiger partial charge < -0.3 is 10.1 Å². The van der Waals surface area contributed by atoms with E-state index in [0.717, 1.165) is 6.42 Å². The van der Waals surface area contributed by atoms with Gasteiger partial charge in [0.05, 0.1) is 6.61 Å². The molecule has 5 heteroatoms. The Bertz CT molecular complexity index is 576. The van der Waals surface area contributed by atoms with Gasteiger partial charge in [-0.15, -0.1) is 0 Å². The highest BCUT2D eigenvalue weighted by Gasteiger charge is 2.13. The number of amides is 1. The minimum Gasteiger partial charge on any atom is -0.493 e. The van der Waals surface area contributed by atoms with Crippen molar-refractivity contribution in [2.75, 3.05) is 6.61 Å². The molecule has 1 aromatic carbocycles. The predicted molar refractivity (Wildman–Crippen MR) is 84.1 cm³/mol. The summed E-state index contributed by atoms with van der Waals surface area (Å²) < 4.78 is 5.48. The van der Waals surface area contributed by atoms with Crippen molar-refractivity contribution < 1.29 is 9.53 Å². The van der Waals surface area contributed by atoms with Crippen molar-refractivity contribution in [3.8, 4) is 11.8 Å². The van der Waals surface area contributed by atoms with Gasteiger partial charge in [-0.25, -0.2) is 0 Å². The number of hydrogen-bond acceptors (Lipinski definition) is 3. The van der Waals surface area contributed by atoms with Gasteiger partial charge in [-0.2, -0.15) is 5.26 Å². The lowest BCUT2D eigenvalue weighted by molar-refractivity contribution is -0.117. The second-order valence-electron chi connectivity index (χ2n) is 4.57. The Morgan fingerprint density at radius 3 is 2.81 bits per heavy atom. The van der Waals surface area contributed by atoms with E-state index < -0.39 is 5.91 Å². The van der Waals surface area contributed by atoms with Gasteiger partial charge in [0.2, 0.25) is 0 Å². The van der Waals surface area contributed by atoms with Gasteiger partial charge in [0.15, 0.2) is 0 Å². The van der Waals surface area contributed by atoms with Crippen LogP contribution in [-0.2, 0) is 4.79 Å². The molecule has 0 saturated carbocycles. The van der Waals surface area contributed by atoms with Gasteiger partial charge in [-0.3, -0.25) is 4.79 Å². The zero-order valence-corrected chi connectivity index (χ0v) is 13.2. The third-order valence-electron chi connectivity index (χ3n) is 2.93. The number of carbonyl (C=O) groups is 1. The number of nitrogens with one attached hydrogen (secondary N) is 1. The first-order valence-electron chi connectivity index (χ1n) is 6.86. The highest BCUT2D eigenvalue weighted by Crippen LogP contribution is 2.25. The van der Waals surface area contributed by atoms with Crippen LogP contribution in [-0.4, -0.2) is 18.6 Å². The highest BCUT2D eigenvalue weighted by atomic mass is 35.5. The van der Waals surface area contributed by atoms with E-state index >= 15 is 0 Å². The zero-order chi connectivity index (χ0) is 15.8. The number of nitrogens with zero attached hydrogens (tertiary/aromatic N) is 1. The van der Waals surface area contributed by atoms with Crippen LogP contribution >= 0.6 is 11.6 Å². The van der Waals surface area contributed by atoms with E-state index in [-0.39, 0.29) is 11.6 Å². The molecule has 0 radical (unpaired) electrons. The number of nitriles is 1. The average molecular weight is 307 g/mol.